The van der Waals surface area contributed by atoms with E-state index >= 15 is 0 Å². The number of rotatable bonds is 3. The number of ether oxygens (including phenoxy) is 2. The summed E-state index contributed by atoms with van der Waals surface area (Å²) >= 11 is 0. The smallest absolute Gasteiger partial charge is 0.197 e. The molecule has 1 fully saturated rings. The van der Waals surface area contributed by atoms with Crippen LogP contribution in [0.3, 0.4) is 0 Å². The van der Waals surface area contributed by atoms with Crippen molar-refractivity contribution in [2.45, 2.75) is 19.3 Å². The van der Waals surface area contributed by atoms with Crippen LogP contribution >= 0.6 is 0 Å². The summed E-state index contributed by atoms with van der Waals surface area (Å²) in [5, 5.41) is 0. The largest absolute Gasteiger partial charge is 0.490 e. The number of hydrogen-bond acceptors (Lipinski definition) is 3. The molecule has 2 aliphatic heterocycles. The highest BCUT2D eigenvalue weighted by Crippen LogP contribution is 2.20. The van der Waals surface area contributed by atoms with Crippen molar-refractivity contribution in [3.05, 3.63) is 11.8 Å². The Bertz CT molecular complexity index is 226. The van der Waals surface area contributed by atoms with Crippen LogP contribution in [0.5, 0.6) is 0 Å². The lowest BCUT2D eigenvalue weighted by molar-refractivity contribution is -0.119. The van der Waals surface area contributed by atoms with Gasteiger partial charge in [-0.2, -0.15) is 0 Å². The second kappa shape index (κ2) is 3.92. The zero-order chi connectivity index (χ0) is 9.10. The van der Waals surface area contributed by atoms with E-state index in [9.17, 15) is 4.79 Å². The average Bonchev–Trinajstić information content (AvgIpc) is 2.74. The minimum Gasteiger partial charge on any atom is -0.490 e. The van der Waals surface area contributed by atoms with Gasteiger partial charge in [0.1, 0.15) is 0 Å². The van der Waals surface area contributed by atoms with Crippen LogP contribution in [-0.4, -0.2) is 25.6 Å². The highest BCUT2D eigenvalue weighted by Gasteiger charge is 2.22. The fourth-order valence-corrected chi connectivity index (χ4v) is 1.72. The lowest BCUT2D eigenvalue weighted by Crippen LogP contribution is -2.10. The van der Waals surface area contributed by atoms with Crippen LogP contribution in [-0.2, 0) is 14.3 Å². The van der Waals surface area contributed by atoms with Crippen LogP contribution in [0.15, 0.2) is 11.8 Å². The molecule has 1 saturated heterocycles. The normalized spacial score (nSPS) is 27.1. The summed E-state index contributed by atoms with van der Waals surface area (Å²) in [5.41, 5.74) is 0. The summed E-state index contributed by atoms with van der Waals surface area (Å²) in [6, 6.07) is 0. The van der Waals surface area contributed by atoms with E-state index in [2.05, 4.69) is 0 Å². The molecule has 0 bridgehead atoms. The third-order valence-electron chi connectivity index (χ3n) is 2.48. The van der Waals surface area contributed by atoms with E-state index in [1.54, 1.807) is 0 Å². The van der Waals surface area contributed by atoms with Gasteiger partial charge in [-0.15, -0.1) is 0 Å². The third kappa shape index (κ3) is 2.10. The molecular formula is C10H14O3. The van der Waals surface area contributed by atoms with Crippen molar-refractivity contribution in [2.24, 2.45) is 5.92 Å². The summed E-state index contributed by atoms with van der Waals surface area (Å²) < 4.78 is 10.4. The van der Waals surface area contributed by atoms with Crippen molar-refractivity contribution < 1.29 is 14.3 Å². The molecule has 2 rings (SSSR count). The fraction of sp³-hybridized carbons (Fsp3) is 0.700. The van der Waals surface area contributed by atoms with E-state index < -0.39 is 0 Å². The molecule has 3 heteroatoms. The van der Waals surface area contributed by atoms with Gasteiger partial charge in [-0.05, 0) is 18.4 Å². The number of carbonyl (C=O) groups excluding carboxylic acids is 1. The van der Waals surface area contributed by atoms with Crippen LogP contribution in [0, 0.1) is 5.92 Å². The molecule has 0 N–H and O–H groups in total. The van der Waals surface area contributed by atoms with Gasteiger partial charge in [-0.1, -0.05) is 0 Å². The summed E-state index contributed by atoms with van der Waals surface area (Å²) in [4.78, 5) is 11.6. The standard InChI is InChI=1S/C10H14O3/c11-9(10-2-1-4-13-10)6-8-3-5-12-7-8/h2,8H,1,3-7H2. The lowest BCUT2D eigenvalue weighted by Gasteiger charge is -2.06. The van der Waals surface area contributed by atoms with Gasteiger partial charge in [0, 0.05) is 26.1 Å². The Hall–Kier alpha value is -0.830. The number of hydrogen-bond donors (Lipinski definition) is 0. The topological polar surface area (TPSA) is 35.5 Å². The second-order valence-corrected chi connectivity index (χ2v) is 3.56. The first kappa shape index (κ1) is 8.75. The second-order valence-electron chi connectivity index (χ2n) is 3.56. The van der Waals surface area contributed by atoms with Gasteiger partial charge >= 0.3 is 0 Å². The highest BCUT2D eigenvalue weighted by atomic mass is 16.5. The van der Waals surface area contributed by atoms with Crippen LogP contribution in [0.2, 0.25) is 0 Å². The molecule has 72 valence electrons. The molecule has 0 aromatic rings. The van der Waals surface area contributed by atoms with E-state index in [1.165, 1.54) is 0 Å². The quantitative estimate of drug-likeness (QED) is 0.659. The Balaban J connectivity index is 1.83. The lowest BCUT2D eigenvalue weighted by atomic mass is 10.0. The zero-order valence-corrected chi connectivity index (χ0v) is 7.62. The molecule has 0 aliphatic carbocycles. The molecule has 0 aromatic heterocycles. The van der Waals surface area contributed by atoms with Crippen molar-refractivity contribution in [2.75, 3.05) is 19.8 Å². The summed E-state index contributed by atoms with van der Waals surface area (Å²) in [6.45, 7) is 2.21. The van der Waals surface area contributed by atoms with Gasteiger partial charge in [0.05, 0.1) is 6.61 Å². The van der Waals surface area contributed by atoms with E-state index in [0.717, 1.165) is 26.1 Å². The molecule has 3 nitrogen and oxygen atoms in total. The minimum atomic E-state index is 0.146. The van der Waals surface area contributed by atoms with Crippen molar-refractivity contribution in [3.8, 4) is 0 Å². The predicted octanol–water partition coefficient (Wildman–Crippen LogP) is 1.29. The molecule has 0 amide bonds. The van der Waals surface area contributed by atoms with E-state index in [1.807, 2.05) is 6.08 Å². The van der Waals surface area contributed by atoms with Gasteiger partial charge in [0.2, 0.25) is 0 Å². The Morgan fingerprint density at radius 3 is 3.08 bits per heavy atom. The average molecular weight is 182 g/mol. The first-order valence-electron chi connectivity index (χ1n) is 4.80. The minimum absolute atomic E-state index is 0.146. The molecule has 0 saturated carbocycles. The molecule has 0 radical (unpaired) electrons. The number of carbonyl (C=O) groups is 1. The Morgan fingerprint density at radius 2 is 2.46 bits per heavy atom. The van der Waals surface area contributed by atoms with E-state index in [-0.39, 0.29) is 5.78 Å². The first-order chi connectivity index (χ1) is 6.36. The fourth-order valence-electron chi connectivity index (χ4n) is 1.72. The van der Waals surface area contributed by atoms with Crippen molar-refractivity contribution in [3.63, 3.8) is 0 Å². The maximum Gasteiger partial charge on any atom is 0.197 e. The van der Waals surface area contributed by atoms with Gasteiger partial charge < -0.3 is 9.47 Å². The van der Waals surface area contributed by atoms with Crippen molar-refractivity contribution in [1.29, 1.82) is 0 Å². The summed E-state index contributed by atoms with van der Waals surface area (Å²) in [6.07, 6.45) is 4.37. The molecule has 2 heterocycles. The molecule has 1 unspecified atom stereocenters. The van der Waals surface area contributed by atoms with E-state index in [0.29, 0.717) is 24.7 Å². The number of ketones is 1. The van der Waals surface area contributed by atoms with Gasteiger partial charge in [-0.3, -0.25) is 4.79 Å². The van der Waals surface area contributed by atoms with Gasteiger partial charge in [0.15, 0.2) is 11.5 Å². The molecule has 0 aromatic carbocycles. The van der Waals surface area contributed by atoms with Crippen LogP contribution in [0.1, 0.15) is 19.3 Å². The monoisotopic (exact) mass is 182 g/mol. The van der Waals surface area contributed by atoms with Crippen LogP contribution in [0.25, 0.3) is 0 Å². The van der Waals surface area contributed by atoms with Crippen LogP contribution in [0.4, 0.5) is 0 Å². The SMILES string of the molecule is O=C(CC1CCOC1)C1=CCCO1. The van der Waals surface area contributed by atoms with Crippen LogP contribution < -0.4 is 0 Å². The predicted molar refractivity (Wildman–Crippen MR) is 47.2 cm³/mol. The maximum atomic E-state index is 11.6. The van der Waals surface area contributed by atoms with Gasteiger partial charge in [0.25, 0.3) is 0 Å². The van der Waals surface area contributed by atoms with Crippen molar-refractivity contribution >= 4 is 5.78 Å². The Morgan fingerprint density at radius 1 is 1.54 bits per heavy atom. The maximum absolute atomic E-state index is 11.6. The molecular weight excluding hydrogens is 168 g/mol. The van der Waals surface area contributed by atoms with E-state index in [4.69, 9.17) is 9.47 Å². The Labute approximate surface area is 77.7 Å². The number of Topliss-reactive ketones (excluding diaryl/α,β-unsaturated/α-hetero) is 1. The molecule has 1 atom stereocenters. The summed E-state index contributed by atoms with van der Waals surface area (Å²) in [5.74, 6) is 1.14. The summed E-state index contributed by atoms with van der Waals surface area (Å²) in [7, 11) is 0. The first-order valence-corrected chi connectivity index (χ1v) is 4.80. The third-order valence-corrected chi connectivity index (χ3v) is 2.48. The molecule has 2 aliphatic rings. The van der Waals surface area contributed by atoms with Gasteiger partial charge in [-0.25, -0.2) is 0 Å². The highest BCUT2D eigenvalue weighted by molar-refractivity contribution is 5.93. The Kier molecular flexibility index (Phi) is 2.64. The zero-order valence-electron chi connectivity index (χ0n) is 7.62. The molecule has 13 heavy (non-hydrogen) atoms. The molecule has 0 spiro atoms. The van der Waals surface area contributed by atoms with Crippen molar-refractivity contribution in [1.82, 2.24) is 0 Å². The number of allylic oxidation sites excluding steroid dienone is 1.